The number of aromatic nitrogens is 2. The summed E-state index contributed by atoms with van der Waals surface area (Å²) in [5.41, 5.74) is 12.4. The second-order valence-corrected chi connectivity index (χ2v) is 11.0. The Kier molecular flexibility index (Phi) is 6.48. The van der Waals surface area contributed by atoms with Crippen LogP contribution in [0.2, 0.25) is 0 Å². The lowest BCUT2D eigenvalue weighted by Gasteiger charge is -2.14. The van der Waals surface area contributed by atoms with Crippen molar-refractivity contribution in [1.82, 2.24) is 9.97 Å². The van der Waals surface area contributed by atoms with Gasteiger partial charge in [0, 0.05) is 39.9 Å². The molecule has 3 heterocycles. The van der Waals surface area contributed by atoms with Crippen molar-refractivity contribution in [3.05, 3.63) is 157 Å². The second-order valence-electron chi connectivity index (χ2n) is 11.0. The number of hydrogen-bond donors (Lipinski definition) is 0. The number of fused-ring (bicyclic) bond motifs is 3. The van der Waals surface area contributed by atoms with E-state index in [1.807, 2.05) is 60.8 Å². The number of benzene rings is 5. The Labute approximate surface area is 260 Å². The van der Waals surface area contributed by atoms with Crippen molar-refractivity contribution < 1.29 is 4.42 Å². The third-order valence-corrected chi connectivity index (χ3v) is 8.16. The van der Waals surface area contributed by atoms with Crippen LogP contribution in [0.4, 0.5) is 0 Å². The van der Waals surface area contributed by atoms with Gasteiger partial charge in [-0.2, -0.15) is 5.26 Å². The maximum Gasteiger partial charge on any atom is 0.136 e. The summed E-state index contributed by atoms with van der Waals surface area (Å²) < 4.78 is 6.25. The summed E-state index contributed by atoms with van der Waals surface area (Å²) in [6, 6.07) is 49.8. The summed E-state index contributed by atoms with van der Waals surface area (Å²) >= 11 is 0. The highest BCUT2D eigenvalue weighted by Gasteiger charge is 2.14. The first-order valence-corrected chi connectivity index (χ1v) is 14.8. The molecule has 210 valence electrons. The fourth-order valence-electron chi connectivity index (χ4n) is 5.90. The third-order valence-electron chi connectivity index (χ3n) is 8.16. The fraction of sp³-hybridized carbons (Fsp3) is 0. The number of pyridine rings is 2. The predicted molar refractivity (Wildman–Crippen MR) is 181 cm³/mol. The molecule has 45 heavy (non-hydrogen) atoms. The monoisotopic (exact) mass is 575 g/mol. The molecule has 4 nitrogen and oxygen atoms in total. The quantitative estimate of drug-likeness (QED) is 0.205. The Morgan fingerprint density at radius 2 is 1.02 bits per heavy atom. The smallest absolute Gasteiger partial charge is 0.136 e. The summed E-state index contributed by atoms with van der Waals surface area (Å²) in [6.45, 7) is 0. The third kappa shape index (κ3) is 5.03. The largest absolute Gasteiger partial charge is 0.456 e. The highest BCUT2D eigenvalue weighted by Crippen LogP contribution is 2.38. The van der Waals surface area contributed by atoms with Gasteiger partial charge in [0.1, 0.15) is 11.2 Å². The van der Waals surface area contributed by atoms with Crippen LogP contribution in [0.1, 0.15) is 5.56 Å². The Balaban J connectivity index is 1.33. The first-order chi connectivity index (χ1) is 22.2. The summed E-state index contributed by atoms with van der Waals surface area (Å²) in [7, 11) is 0. The van der Waals surface area contributed by atoms with Crippen LogP contribution in [0.25, 0.3) is 77.8 Å². The van der Waals surface area contributed by atoms with Crippen molar-refractivity contribution >= 4 is 21.9 Å². The highest BCUT2D eigenvalue weighted by molar-refractivity contribution is 6.06. The van der Waals surface area contributed by atoms with E-state index >= 15 is 0 Å². The molecule has 0 amide bonds. The van der Waals surface area contributed by atoms with Crippen molar-refractivity contribution in [2.45, 2.75) is 0 Å². The molecule has 4 heteroatoms. The standard InChI is InChI=1S/C41H25N3O/c42-25-27-13-15-36-37-16-14-30(24-41(37)45-40(36)18-27)32-19-33(31-12-7-17-43-26-31)21-34(20-32)35-22-38(28-8-3-1-4-9-28)44-39(23-35)29-10-5-2-6-11-29/h1-24,26H. The highest BCUT2D eigenvalue weighted by atomic mass is 16.3. The molecular formula is C41H25N3O. The van der Waals surface area contributed by atoms with Crippen LogP contribution < -0.4 is 0 Å². The van der Waals surface area contributed by atoms with Crippen LogP contribution in [0.5, 0.6) is 0 Å². The molecule has 0 saturated heterocycles. The molecule has 0 aliphatic heterocycles. The molecule has 0 saturated carbocycles. The summed E-state index contributed by atoms with van der Waals surface area (Å²) in [4.78, 5) is 9.49. The Morgan fingerprint density at radius 3 is 1.64 bits per heavy atom. The van der Waals surface area contributed by atoms with E-state index in [1.54, 1.807) is 12.3 Å². The average molecular weight is 576 g/mol. The van der Waals surface area contributed by atoms with Gasteiger partial charge in [0.05, 0.1) is 23.0 Å². The van der Waals surface area contributed by atoms with E-state index in [4.69, 9.17) is 9.40 Å². The topological polar surface area (TPSA) is 62.7 Å². The van der Waals surface area contributed by atoms with Crippen molar-refractivity contribution in [3.63, 3.8) is 0 Å². The van der Waals surface area contributed by atoms with E-state index in [9.17, 15) is 5.26 Å². The Morgan fingerprint density at radius 1 is 0.467 bits per heavy atom. The molecule has 0 radical (unpaired) electrons. The molecule has 0 spiro atoms. The summed E-state index contributed by atoms with van der Waals surface area (Å²) in [6.07, 6.45) is 3.69. The maximum absolute atomic E-state index is 9.37. The molecule has 0 aliphatic carbocycles. The summed E-state index contributed by atoms with van der Waals surface area (Å²) in [5, 5.41) is 11.4. The lowest BCUT2D eigenvalue weighted by molar-refractivity contribution is 0.669. The zero-order chi connectivity index (χ0) is 30.2. The van der Waals surface area contributed by atoms with Gasteiger partial charge in [-0.15, -0.1) is 0 Å². The zero-order valence-electron chi connectivity index (χ0n) is 24.2. The van der Waals surface area contributed by atoms with Gasteiger partial charge in [0.25, 0.3) is 0 Å². The number of nitrogens with zero attached hydrogens (tertiary/aromatic N) is 3. The van der Waals surface area contributed by atoms with Crippen LogP contribution in [0, 0.1) is 11.3 Å². The van der Waals surface area contributed by atoms with Crippen LogP contribution in [-0.4, -0.2) is 9.97 Å². The fourth-order valence-corrected chi connectivity index (χ4v) is 5.90. The van der Waals surface area contributed by atoms with Gasteiger partial charge in [-0.1, -0.05) is 72.8 Å². The molecule has 8 aromatic rings. The molecule has 0 bridgehead atoms. The first-order valence-electron chi connectivity index (χ1n) is 14.8. The van der Waals surface area contributed by atoms with Gasteiger partial charge in [-0.05, 0) is 94.5 Å². The molecule has 5 aromatic carbocycles. The Hall–Kier alpha value is -6.31. The minimum Gasteiger partial charge on any atom is -0.456 e. The SMILES string of the molecule is N#Cc1ccc2c(c1)oc1cc(-c3cc(-c4cccnc4)cc(-c4cc(-c5ccccc5)nc(-c5ccccc5)c4)c3)ccc12. The molecule has 0 unspecified atom stereocenters. The van der Waals surface area contributed by atoms with Crippen molar-refractivity contribution in [2.75, 3.05) is 0 Å². The number of furan rings is 1. The number of hydrogen-bond acceptors (Lipinski definition) is 4. The molecule has 0 fully saturated rings. The van der Waals surface area contributed by atoms with Crippen LogP contribution in [0.15, 0.2) is 156 Å². The minimum absolute atomic E-state index is 0.581. The molecule has 8 rings (SSSR count). The lowest BCUT2D eigenvalue weighted by atomic mass is 9.92. The van der Waals surface area contributed by atoms with Gasteiger partial charge < -0.3 is 4.42 Å². The van der Waals surface area contributed by atoms with Crippen LogP contribution in [0.3, 0.4) is 0 Å². The first kappa shape index (κ1) is 26.3. The van der Waals surface area contributed by atoms with Gasteiger partial charge >= 0.3 is 0 Å². The lowest BCUT2D eigenvalue weighted by Crippen LogP contribution is -1.92. The normalized spacial score (nSPS) is 11.1. The average Bonchev–Trinajstić information content (AvgIpc) is 3.49. The van der Waals surface area contributed by atoms with E-state index < -0.39 is 0 Å². The van der Waals surface area contributed by atoms with Gasteiger partial charge in [-0.25, -0.2) is 4.98 Å². The van der Waals surface area contributed by atoms with Crippen LogP contribution in [-0.2, 0) is 0 Å². The molecular weight excluding hydrogens is 550 g/mol. The number of rotatable bonds is 5. The Bertz CT molecular complexity index is 2310. The van der Waals surface area contributed by atoms with Gasteiger partial charge in [0.15, 0.2) is 0 Å². The minimum atomic E-state index is 0.581. The van der Waals surface area contributed by atoms with Crippen molar-refractivity contribution in [3.8, 4) is 62.0 Å². The summed E-state index contributed by atoms with van der Waals surface area (Å²) in [5.74, 6) is 0. The molecule has 3 aromatic heterocycles. The molecule has 0 N–H and O–H groups in total. The van der Waals surface area contributed by atoms with E-state index in [1.165, 1.54) is 0 Å². The molecule has 0 aliphatic rings. The van der Waals surface area contributed by atoms with E-state index in [-0.39, 0.29) is 0 Å². The number of nitriles is 1. The van der Waals surface area contributed by atoms with Gasteiger partial charge in [-0.3, -0.25) is 4.98 Å². The maximum atomic E-state index is 9.37. The van der Waals surface area contributed by atoms with E-state index in [0.717, 1.165) is 72.3 Å². The van der Waals surface area contributed by atoms with Crippen LogP contribution >= 0.6 is 0 Å². The van der Waals surface area contributed by atoms with E-state index in [2.05, 4.69) is 89.9 Å². The van der Waals surface area contributed by atoms with Crippen molar-refractivity contribution in [1.29, 1.82) is 5.26 Å². The van der Waals surface area contributed by atoms with E-state index in [0.29, 0.717) is 11.1 Å². The molecule has 0 atom stereocenters. The van der Waals surface area contributed by atoms with Crippen molar-refractivity contribution in [2.24, 2.45) is 0 Å². The van der Waals surface area contributed by atoms with Gasteiger partial charge in [0.2, 0.25) is 0 Å². The predicted octanol–water partition coefficient (Wildman–Crippen LogP) is 10.6. The zero-order valence-corrected chi connectivity index (χ0v) is 24.2. The second kappa shape index (κ2) is 11.1.